The zero-order valence-corrected chi connectivity index (χ0v) is 18.9. The highest BCUT2D eigenvalue weighted by atomic mass is 35.5. The van der Waals surface area contributed by atoms with Gasteiger partial charge in [0, 0.05) is 28.4 Å². The third kappa shape index (κ3) is 3.29. The van der Waals surface area contributed by atoms with Crippen molar-refractivity contribution in [3.8, 4) is 0 Å². The van der Waals surface area contributed by atoms with Crippen molar-refractivity contribution in [3.05, 3.63) is 99.8 Å². The van der Waals surface area contributed by atoms with Crippen LogP contribution in [0.3, 0.4) is 0 Å². The van der Waals surface area contributed by atoms with E-state index in [0.29, 0.717) is 29.4 Å². The van der Waals surface area contributed by atoms with E-state index in [2.05, 4.69) is 0 Å². The molecule has 0 radical (unpaired) electrons. The van der Waals surface area contributed by atoms with E-state index in [-0.39, 0.29) is 11.8 Å². The smallest absolute Gasteiger partial charge is 0.268 e. The number of carbonyl (C=O) groups excluding carboxylic acids is 2. The minimum absolute atomic E-state index is 0.159. The third-order valence-electron chi connectivity index (χ3n) is 5.95. The Morgan fingerprint density at radius 3 is 2.53 bits per heavy atom. The maximum absolute atomic E-state index is 14.0. The summed E-state index contributed by atoms with van der Waals surface area (Å²) in [6, 6.07) is 18.9. The maximum atomic E-state index is 14.0. The van der Waals surface area contributed by atoms with Gasteiger partial charge < -0.3 is 9.80 Å². The lowest BCUT2D eigenvalue weighted by molar-refractivity contribution is -0.123. The Morgan fingerprint density at radius 2 is 1.81 bits per heavy atom. The van der Waals surface area contributed by atoms with Gasteiger partial charge in [0.1, 0.15) is 5.82 Å². The van der Waals surface area contributed by atoms with Crippen molar-refractivity contribution in [1.29, 1.82) is 0 Å². The lowest BCUT2D eigenvalue weighted by Crippen LogP contribution is -2.50. The molecule has 2 aliphatic heterocycles. The van der Waals surface area contributed by atoms with Crippen LogP contribution in [-0.4, -0.2) is 29.0 Å². The van der Waals surface area contributed by atoms with Crippen LogP contribution in [0, 0.1) is 12.7 Å². The second-order valence-corrected chi connectivity index (χ2v) is 9.72. The summed E-state index contributed by atoms with van der Waals surface area (Å²) >= 11 is 7.78. The normalized spacial score (nSPS) is 19.7. The van der Waals surface area contributed by atoms with E-state index in [0.717, 1.165) is 22.4 Å². The van der Waals surface area contributed by atoms with Crippen molar-refractivity contribution in [1.82, 2.24) is 4.90 Å². The van der Waals surface area contributed by atoms with E-state index in [1.54, 1.807) is 21.9 Å². The first-order chi connectivity index (χ1) is 15.4. The van der Waals surface area contributed by atoms with Gasteiger partial charge in [-0.2, -0.15) is 0 Å². The fourth-order valence-corrected chi connectivity index (χ4v) is 5.99. The summed E-state index contributed by atoms with van der Waals surface area (Å²) in [6.45, 7) is 2.83. The van der Waals surface area contributed by atoms with Crippen LogP contribution >= 0.6 is 23.4 Å². The van der Waals surface area contributed by atoms with E-state index in [1.807, 2.05) is 37.3 Å². The van der Waals surface area contributed by atoms with E-state index in [9.17, 15) is 14.0 Å². The van der Waals surface area contributed by atoms with Gasteiger partial charge in [0.2, 0.25) is 0 Å². The molecule has 32 heavy (non-hydrogen) atoms. The summed E-state index contributed by atoms with van der Waals surface area (Å²) in [6.07, 6.45) is 0. The minimum Gasteiger partial charge on any atom is -0.311 e. The van der Waals surface area contributed by atoms with Gasteiger partial charge in [0.25, 0.3) is 11.8 Å². The topological polar surface area (TPSA) is 40.6 Å². The predicted octanol–water partition coefficient (Wildman–Crippen LogP) is 5.38. The van der Waals surface area contributed by atoms with Gasteiger partial charge in [0.05, 0.1) is 12.2 Å². The van der Waals surface area contributed by atoms with Crippen molar-refractivity contribution in [3.63, 3.8) is 0 Å². The lowest BCUT2D eigenvalue weighted by atomic mass is 10.0. The van der Waals surface area contributed by atoms with Gasteiger partial charge >= 0.3 is 0 Å². The number of fused-ring (bicyclic) bond motifs is 2. The number of halogens is 2. The zero-order chi connectivity index (χ0) is 22.5. The number of hydrogen-bond acceptors (Lipinski definition) is 3. The quantitative estimate of drug-likeness (QED) is 0.520. The monoisotopic (exact) mass is 466 g/mol. The van der Waals surface area contributed by atoms with E-state index in [4.69, 9.17) is 11.6 Å². The molecule has 5 rings (SSSR count). The number of aryl methyl sites for hydroxylation is 1. The number of carbonyl (C=O) groups is 2. The first kappa shape index (κ1) is 21.0. The molecule has 2 heterocycles. The second-order valence-electron chi connectivity index (χ2n) is 7.99. The summed E-state index contributed by atoms with van der Waals surface area (Å²) in [7, 11) is 0. The molecule has 0 N–H and O–H groups in total. The zero-order valence-electron chi connectivity index (χ0n) is 17.3. The van der Waals surface area contributed by atoms with Crippen LogP contribution in [0.1, 0.15) is 27.0 Å². The van der Waals surface area contributed by atoms with Crippen LogP contribution in [0.2, 0.25) is 5.02 Å². The number of hydrogen-bond donors (Lipinski definition) is 0. The third-order valence-corrected chi connectivity index (χ3v) is 7.61. The Labute approximate surface area is 195 Å². The number of benzene rings is 3. The minimum atomic E-state index is -1.18. The van der Waals surface area contributed by atoms with Crippen molar-refractivity contribution in [2.45, 2.75) is 18.3 Å². The molecule has 7 heteroatoms. The van der Waals surface area contributed by atoms with Gasteiger partial charge in [-0.15, -0.1) is 11.8 Å². The molecule has 1 saturated heterocycles. The predicted molar refractivity (Wildman–Crippen MR) is 125 cm³/mol. The molecule has 0 aromatic heterocycles. The highest BCUT2D eigenvalue weighted by Gasteiger charge is 2.59. The van der Waals surface area contributed by atoms with Crippen LogP contribution in [0.4, 0.5) is 10.1 Å². The van der Waals surface area contributed by atoms with E-state index >= 15 is 0 Å². The van der Waals surface area contributed by atoms with Crippen molar-refractivity contribution < 1.29 is 14.0 Å². The molecule has 1 unspecified atom stereocenters. The van der Waals surface area contributed by atoms with Gasteiger partial charge in [-0.3, -0.25) is 9.59 Å². The number of amides is 2. The molecule has 162 valence electrons. The Balaban J connectivity index is 1.58. The molecule has 2 aliphatic rings. The lowest BCUT2D eigenvalue weighted by Gasteiger charge is -2.33. The van der Waals surface area contributed by atoms with Crippen molar-refractivity contribution in [2.75, 3.05) is 17.2 Å². The number of thioether (sulfide) groups is 1. The Hall–Kier alpha value is -2.83. The second kappa shape index (κ2) is 7.94. The van der Waals surface area contributed by atoms with Crippen LogP contribution in [-0.2, 0) is 16.2 Å². The van der Waals surface area contributed by atoms with Crippen LogP contribution < -0.4 is 4.90 Å². The molecule has 4 nitrogen and oxygen atoms in total. The first-order valence-electron chi connectivity index (χ1n) is 10.3. The average molecular weight is 467 g/mol. The molecule has 0 bridgehead atoms. The molecule has 0 aliphatic carbocycles. The number of nitrogens with zero attached hydrogens (tertiary/aromatic N) is 2. The molecule has 1 atom stereocenters. The maximum Gasteiger partial charge on any atom is 0.268 e. The molecular formula is C25H20ClFN2O2S. The van der Waals surface area contributed by atoms with Gasteiger partial charge in [-0.05, 0) is 55.0 Å². The summed E-state index contributed by atoms with van der Waals surface area (Å²) < 4.78 is 13.4. The van der Waals surface area contributed by atoms with Gasteiger partial charge in [-0.25, -0.2) is 4.39 Å². The van der Waals surface area contributed by atoms with Gasteiger partial charge in [0.15, 0.2) is 4.87 Å². The van der Waals surface area contributed by atoms with Gasteiger partial charge in [-0.1, -0.05) is 41.4 Å². The van der Waals surface area contributed by atoms with Crippen molar-refractivity contribution >= 4 is 40.9 Å². The van der Waals surface area contributed by atoms with E-state index in [1.165, 1.54) is 36.0 Å². The largest absolute Gasteiger partial charge is 0.311 e. The molecule has 2 amide bonds. The summed E-state index contributed by atoms with van der Waals surface area (Å²) in [5.41, 5.74) is 3.97. The molecule has 3 aromatic carbocycles. The number of anilines is 1. The van der Waals surface area contributed by atoms with Crippen LogP contribution in [0.25, 0.3) is 0 Å². The van der Waals surface area contributed by atoms with E-state index < -0.39 is 10.7 Å². The average Bonchev–Trinajstić information content (AvgIpc) is 3.32. The summed E-state index contributed by atoms with van der Waals surface area (Å²) in [5.74, 6) is -0.256. The van der Waals surface area contributed by atoms with Crippen LogP contribution in [0.5, 0.6) is 0 Å². The SMILES string of the molecule is Cc1ccc(CN2C(=O)C3(SCCN3C(=O)c3ccc(F)cc3)c3cc(Cl)ccc32)cc1. The summed E-state index contributed by atoms with van der Waals surface area (Å²) in [4.78, 5) is 29.6. The first-order valence-corrected chi connectivity index (χ1v) is 11.7. The molecule has 3 aromatic rings. The highest BCUT2D eigenvalue weighted by Crippen LogP contribution is 2.55. The Morgan fingerprint density at radius 1 is 1.09 bits per heavy atom. The van der Waals surface area contributed by atoms with Crippen molar-refractivity contribution in [2.24, 2.45) is 0 Å². The molecule has 0 saturated carbocycles. The Bertz CT molecular complexity index is 1220. The Kier molecular flexibility index (Phi) is 5.22. The molecule has 1 fully saturated rings. The fraction of sp³-hybridized carbons (Fsp3) is 0.200. The molecule has 1 spiro atoms. The van der Waals surface area contributed by atoms with Crippen LogP contribution in [0.15, 0.2) is 66.7 Å². The fourth-order valence-electron chi connectivity index (χ4n) is 4.37. The number of rotatable bonds is 3. The standard InChI is InChI=1S/C25H20ClFN2O2S/c1-16-2-4-17(5-3-16)15-28-22-11-8-19(26)14-21(22)25(24(28)31)29(12-13-32-25)23(30)18-6-9-20(27)10-7-18/h2-11,14H,12-13,15H2,1H3. The highest BCUT2D eigenvalue weighted by molar-refractivity contribution is 8.01. The molecular weight excluding hydrogens is 447 g/mol. The summed E-state index contributed by atoms with van der Waals surface area (Å²) in [5, 5.41) is 0.509.